The van der Waals surface area contributed by atoms with E-state index in [0.717, 1.165) is 29.4 Å². The lowest BCUT2D eigenvalue weighted by Crippen LogP contribution is -2.21. The van der Waals surface area contributed by atoms with Crippen LogP contribution in [0.2, 0.25) is 0 Å². The average Bonchev–Trinajstić information content (AvgIpc) is 3.34. The molecule has 0 atom stereocenters. The molecule has 4 rings (SSSR count). The van der Waals surface area contributed by atoms with E-state index in [2.05, 4.69) is 44.0 Å². The summed E-state index contributed by atoms with van der Waals surface area (Å²) in [4.78, 5) is 33.0. The Bertz CT molecular complexity index is 1310. The topological polar surface area (TPSA) is 156 Å². The first-order valence-electron chi connectivity index (χ1n) is 9.50. The summed E-state index contributed by atoms with van der Waals surface area (Å²) in [5.74, 6) is -2.61. The van der Waals surface area contributed by atoms with Crippen LogP contribution in [0.4, 0.5) is 25.1 Å². The van der Waals surface area contributed by atoms with Crippen molar-refractivity contribution >= 4 is 34.9 Å². The lowest BCUT2D eigenvalue weighted by molar-refractivity contribution is -0.274. The predicted octanol–water partition coefficient (Wildman–Crippen LogP) is 4.29. The smallest absolute Gasteiger partial charge is 0.476 e. The van der Waals surface area contributed by atoms with E-state index in [0.29, 0.717) is 5.95 Å². The minimum atomic E-state index is -4.96. The minimum Gasteiger partial charge on any atom is -0.476 e. The molecule has 2 aromatic heterocycles. The highest BCUT2D eigenvalue weighted by molar-refractivity contribution is 6.05. The maximum Gasteiger partial charge on any atom is 0.573 e. The summed E-state index contributed by atoms with van der Waals surface area (Å²) in [5, 5.41) is 10.7. The number of carboxylic acid groups (broad SMARTS) is 1. The highest BCUT2D eigenvalue weighted by Gasteiger charge is 2.33. The highest BCUT2D eigenvalue weighted by atomic mass is 19.4. The third kappa shape index (κ3) is 6.03. The van der Waals surface area contributed by atoms with Crippen LogP contribution in [0.5, 0.6) is 5.75 Å². The molecule has 5 N–H and O–H groups in total. The SMILES string of the molecule is Cc1cc2nc(N)[nH]c2cc1C.O=C(O)c1coc(NC(=O)c2ccccc2OC(F)(F)F)n1. The van der Waals surface area contributed by atoms with Gasteiger partial charge in [0, 0.05) is 0 Å². The number of imidazole rings is 1. The van der Waals surface area contributed by atoms with Gasteiger partial charge in [-0.15, -0.1) is 13.2 Å². The summed E-state index contributed by atoms with van der Waals surface area (Å²) >= 11 is 0. The number of aromatic nitrogens is 3. The van der Waals surface area contributed by atoms with Crippen LogP contribution in [0.15, 0.2) is 47.1 Å². The molecule has 0 bridgehead atoms. The number of amides is 1. The number of para-hydroxylation sites is 1. The first-order chi connectivity index (χ1) is 15.9. The number of rotatable bonds is 4. The molecule has 0 unspecified atom stereocenters. The minimum absolute atomic E-state index is 0.421. The van der Waals surface area contributed by atoms with Gasteiger partial charge in [0.15, 0.2) is 11.6 Å². The van der Waals surface area contributed by atoms with E-state index in [1.165, 1.54) is 23.3 Å². The number of H-pyrrole nitrogens is 1. The number of nitrogens with one attached hydrogen (secondary N) is 2. The maximum atomic E-state index is 12.3. The van der Waals surface area contributed by atoms with E-state index in [4.69, 9.17) is 10.8 Å². The number of carboxylic acids is 1. The molecule has 0 saturated carbocycles. The van der Waals surface area contributed by atoms with E-state index in [-0.39, 0.29) is 0 Å². The molecule has 34 heavy (non-hydrogen) atoms. The summed E-state index contributed by atoms with van der Waals surface area (Å²) < 4.78 is 45.2. The van der Waals surface area contributed by atoms with Gasteiger partial charge in [-0.3, -0.25) is 10.1 Å². The zero-order valence-electron chi connectivity index (χ0n) is 17.7. The Kier molecular flexibility index (Phi) is 6.75. The van der Waals surface area contributed by atoms with Crippen molar-refractivity contribution in [1.29, 1.82) is 0 Å². The van der Waals surface area contributed by atoms with Gasteiger partial charge in [-0.05, 0) is 49.2 Å². The Morgan fingerprint density at radius 3 is 2.47 bits per heavy atom. The Balaban J connectivity index is 0.000000226. The van der Waals surface area contributed by atoms with E-state index in [9.17, 15) is 22.8 Å². The van der Waals surface area contributed by atoms with Crippen molar-refractivity contribution in [2.75, 3.05) is 11.1 Å². The number of aromatic carboxylic acids is 1. The van der Waals surface area contributed by atoms with Gasteiger partial charge in [0.05, 0.1) is 16.6 Å². The van der Waals surface area contributed by atoms with Crippen LogP contribution in [0, 0.1) is 13.8 Å². The number of halogens is 3. The number of carbonyl (C=O) groups excluding carboxylic acids is 1. The molecule has 1 amide bonds. The molecule has 0 radical (unpaired) electrons. The Labute approximate surface area is 189 Å². The number of nitrogens with two attached hydrogens (primary N) is 1. The number of aryl methyl sites for hydroxylation is 2. The molecule has 0 aliphatic heterocycles. The summed E-state index contributed by atoms with van der Waals surface area (Å²) in [7, 11) is 0. The molecular formula is C21H18F3N5O5. The van der Waals surface area contributed by atoms with Crippen molar-refractivity contribution in [2.24, 2.45) is 0 Å². The van der Waals surface area contributed by atoms with Gasteiger partial charge in [0.25, 0.3) is 5.91 Å². The summed E-state index contributed by atoms with van der Waals surface area (Å²) in [6.07, 6.45) is -4.19. The summed E-state index contributed by atoms with van der Waals surface area (Å²) in [5.41, 5.74) is 9.09. The van der Waals surface area contributed by atoms with Gasteiger partial charge in [-0.2, -0.15) is 4.98 Å². The Morgan fingerprint density at radius 1 is 1.15 bits per heavy atom. The van der Waals surface area contributed by atoms with Gasteiger partial charge in [0.2, 0.25) is 0 Å². The number of hydrogen-bond acceptors (Lipinski definition) is 7. The highest BCUT2D eigenvalue weighted by Crippen LogP contribution is 2.26. The fraction of sp³-hybridized carbons (Fsp3) is 0.143. The number of aromatic amines is 1. The van der Waals surface area contributed by atoms with Crippen LogP contribution >= 0.6 is 0 Å². The number of hydrogen-bond donors (Lipinski definition) is 4. The number of oxazole rings is 1. The fourth-order valence-corrected chi connectivity index (χ4v) is 2.75. The van der Waals surface area contributed by atoms with E-state index in [1.54, 1.807) is 0 Å². The van der Waals surface area contributed by atoms with Crippen molar-refractivity contribution in [3.05, 3.63) is 65.0 Å². The van der Waals surface area contributed by atoms with Crippen molar-refractivity contribution < 1.29 is 37.0 Å². The lowest BCUT2D eigenvalue weighted by atomic mass is 10.1. The number of ether oxygens (including phenoxy) is 1. The molecule has 0 fully saturated rings. The molecule has 0 spiro atoms. The molecular weight excluding hydrogens is 459 g/mol. The lowest BCUT2D eigenvalue weighted by Gasteiger charge is -2.12. The van der Waals surface area contributed by atoms with Crippen LogP contribution in [0.25, 0.3) is 11.0 Å². The fourth-order valence-electron chi connectivity index (χ4n) is 2.75. The number of fused-ring (bicyclic) bond motifs is 1. The van der Waals surface area contributed by atoms with Crippen molar-refractivity contribution in [3.8, 4) is 5.75 Å². The van der Waals surface area contributed by atoms with Gasteiger partial charge in [-0.25, -0.2) is 9.78 Å². The van der Waals surface area contributed by atoms with Crippen molar-refractivity contribution in [3.63, 3.8) is 0 Å². The Hall–Kier alpha value is -4.55. The molecule has 10 nitrogen and oxygen atoms in total. The number of anilines is 2. The third-order valence-corrected chi connectivity index (χ3v) is 4.42. The number of alkyl halides is 3. The quantitative estimate of drug-likeness (QED) is 0.339. The van der Waals surface area contributed by atoms with Crippen LogP contribution in [0.1, 0.15) is 32.0 Å². The molecule has 0 aliphatic carbocycles. The molecule has 178 valence electrons. The summed E-state index contributed by atoms with van der Waals surface area (Å²) in [6.45, 7) is 4.14. The zero-order valence-corrected chi connectivity index (χ0v) is 17.7. The normalized spacial score (nSPS) is 11.0. The van der Waals surface area contributed by atoms with Crippen LogP contribution < -0.4 is 15.8 Å². The van der Waals surface area contributed by atoms with Gasteiger partial charge >= 0.3 is 18.3 Å². The number of nitrogens with zero attached hydrogens (tertiary/aromatic N) is 2. The molecule has 13 heteroatoms. The van der Waals surface area contributed by atoms with Crippen molar-refractivity contribution in [2.45, 2.75) is 20.2 Å². The van der Waals surface area contributed by atoms with E-state index >= 15 is 0 Å². The molecule has 2 aromatic carbocycles. The maximum absolute atomic E-state index is 12.3. The van der Waals surface area contributed by atoms with E-state index < -0.39 is 41.3 Å². The average molecular weight is 477 g/mol. The van der Waals surface area contributed by atoms with E-state index in [1.807, 2.05) is 11.4 Å². The monoisotopic (exact) mass is 477 g/mol. The van der Waals surface area contributed by atoms with Gasteiger partial charge < -0.3 is 25.0 Å². The second kappa shape index (κ2) is 9.52. The standard InChI is InChI=1S/C12H7F3N2O5.C9H11N3/c13-12(14,15)22-8-4-2-1-3-6(8)9(18)17-11-16-7(5-21-11)10(19)20;1-5-3-7-8(4-6(5)2)12-9(10)11-7/h1-5H,(H,19,20)(H,16,17,18);3-4H,1-2H3,(H3,10,11,12). The largest absolute Gasteiger partial charge is 0.573 e. The number of carbonyl (C=O) groups is 2. The second-order valence-corrected chi connectivity index (χ2v) is 6.92. The molecule has 0 saturated heterocycles. The van der Waals surface area contributed by atoms with Crippen LogP contribution in [0.3, 0.4) is 0 Å². The first kappa shape index (κ1) is 24.1. The predicted molar refractivity (Wildman–Crippen MR) is 115 cm³/mol. The van der Waals surface area contributed by atoms with Crippen LogP contribution in [-0.4, -0.2) is 38.3 Å². The second-order valence-electron chi connectivity index (χ2n) is 6.92. The summed E-state index contributed by atoms with van der Waals surface area (Å²) in [6, 6.07) is 8.27. The number of nitrogen functional groups attached to an aromatic ring is 1. The van der Waals surface area contributed by atoms with Crippen LogP contribution in [-0.2, 0) is 0 Å². The third-order valence-electron chi connectivity index (χ3n) is 4.42. The number of benzene rings is 2. The molecule has 0 aliphatic rings. The Morgan fingerprint density at radius 2 is 1.82 bits per heavy atom. The van der Waals surface area contributed by atoms with Gasteiger partial charge in [0.1, 0.15) is 12.0 Å². The molecule has 2 heterocycles. The van der Waals surface area contributed by atoms with Gasteiger partial charge in [-0.1, -0.05) is 12.1 Å². The van der Waals surface area contributed by atoms with Crippen molar-refractivity contribution in [1.82, 2.24) is 15.0 Å². The first-order valence-corrected chi connectivity index (χ1v) is 9.50. The zero-order chi connectivity index (χ0) is 25.0. The molecule has 4 aromatic rings.